The average Bonchev–Trinajstić information content (AvgIpc) is 3.41. The smallest absolute Gasteiger partial charge is 0.306 e. The van der Waals surface area contributed by atoms with Crippen LogP contribution in [0.1, 0.15) is 60.3 Å². The maximum Gasteiger partial charge on any atom is 0.306 e. The lowest BCUT2D eigenvalue weighted by molar-refractivity contribution is -0.155. The van der Waals surface area contributed by atoms with Crippen LogP contribution < -0.4 is 10.6 Å². The van der Waals surface area contributed by atoms with Crippen molar-refractivity contribution in [3.05, 3.63) is 0 Å². The van der Waals surface area contributed by atoms with Gasteiger partial charge in [0.15, 0.2) is 11.3 Å². The van der Waals surface area contributed by atoms with Gasteiger partial charge in [0.1, 0.15) is 5.60 Å². The molecular formula is C17H30N6O3. The predicted octanol–water partition coefficient (Wildman–Crippen LogP) is 2.33. The Kier molecular flexibility index (Phi) is 6.10. The van der Waals surface area contributed by atoms with Crippen LogP contribution in [0.25, 0.3) is 0 Å². The summed E-state index contributed by atoms with van der Waals surface area (Å²) in [6.07, 6.45) is 1.95. The molecule has 0 bridgehead atoms. The molecule has 0 radical (unpaired) electrons. The molecule has 0 saturated carbocycles. The zero-order valence-electron chi connectivity index (χ0n) is 16.3. The second-order valence-corrected chi connectivity index (χ2v) is 8.26. The van der Waals surface area contributed by atoms with Crippen LogP contribution >= 0.6 is 0 Å². The summed E-state index contributed by atoms with van der Waals surface area (Å²) in [6, 6.07) is -0.467. The maximum absolute atomic E-state index is 12.5. The molecule has 2 aliphatic rings. The Balaban J connectivity index is 1.76. The van der Waals surface area contributed by atoms with Gasteiger partial charge >= 0.3 is 5.97 Å². The van der Waals surface area contributed by atoms with Crippen LogP contribution in [0, 0.1) is 0 Å². The van der Waals surface area contributed by atoms with Gasteiger partial charge in [0.05, 0.1) is 6.04 Å². The van der Waals surface area contributed by atoms with E-state index in [1.807, 2.05) is 34.6 Å². The van der Waals surface area contributed by atoms with Crippen LogP contribution in [0.2, 0.25) is 0 Å². The molecule has 0 aliphatic carbocycles. The quantitative estimate of drug-likeness (QED) is 0.546. The first kappa shape index (κ1) is 20.4. The molecule has 146 valence electrons. The van der Waals surface area contributed by atoms with Gasteiger partial charge in [-0.15, -0.1) is 0 Å². The summed E-state index contributed by atoms with van der Waals surface area (Å²) in [5.74, 6) is -0.438. The van der Waals surface area contributed by atoms with Crippen molar-refractivity contribution in [3.63, 3.8) is 0 Å². The minimum Gasteiger partial charge on any atom is -0.460 e. The molecule has 0 aromatic heterocycles. The highest BCUT2D eigenvalue weighted by molar-refractivity contribution is 5.82. The maximum atomic E-state index is 12.5. The third kappa shape index (κ3) is 7.55. The number of carbonyl (C=O) groups excluding carboxylic acids is 2. The number of ether oxygens (including phenoxy) is 1. The molecule has 26 heavy (non-hydrogen) atoms. The van der Waals surface area contributed by atoms with E-state index >= 15 is 0 Å². The molecule has 1 amide bonds. The van der Waals surface area contributed by atoms with Crippen molar-refractivity contribution in [2.24, 2.45) is 20.5 Å². The highest BCUT2D eigenvalue weighted by atomic mass is 16.6. The molecule has 0 unspecified atom stereocenters. The molecule has 2 heterocycles. The lowest BCUT2D eigenvalue weighted by atomic mass is 10.1. The van der Waals surface area contributed by atoms with E-state index in [9.17, 15) is 9.59 Å². The van der Waals surface area contributed by atoms with Crippen molar-refractivity contribution in [2.75, 3.05) is 13.1 Å². The summed E-state index contributed by atoms with van der Waals surface area (Å²) in [7, 11) is 0. The van der Waals surface area contributed by atoms with Crippen molar-refractivity contribution in [1.29, 1.82) is 0 Å². The lowest BCUT2D eigenvalue weighted by Gasteiger charge is -2.22. The Morgan fingerprint density at radius 3 is 2.04 bits per heavy atom. The topological polar surface area (TPSA) is 117 Å². The van der Waals surface area contributed by atoms with E-state index in [1.54, 1.807) is 0 Å². The Bertz CT molecular complexity index is 584. The van der Waals surface area contributed by atoms with E-state index in [4.69, 9.17) is 4.74 Å². The van der Waals surface area contributed by atoms with Crippen LogP contribution in [-0.2, 0) is 14.3 Å². The fourth-order valence-electron chi connectivity index (χ4n) is 2.38. The molecule has 0 fully saturated rings. The van der Waals surface area contributed by atoms with E-state index in [0.29, 0.717) is 25.9 Å². The minimum absolute atomic E-state index is 0.132. The number of carbonyl (C=O) groups is 2. The molecule has 2 aliphatic heterocycles. The van der Waals surface area contributed by atoms with Gasteiger partial charge in [-0.3, -0.25) is 9.59 Å². The standard InChI is InChI=1S/C17H30N6O3/c1-15(2,3)26-13(24)7-6-12(18-10-8-16(4)20-21-16)14(25)19-11-9-17(5)22-23-17/h12,18H,6-11H2,1-5H3,(H,19,25)/t12-/m0/s1. The minimum atomic E-state index is -0.529. The van der Waals surface area contributed by atoms with Gasteiger partial charge < -0.3 is 15.4 Å². The Hall–Kier alpha value is -1.90. The van der Waals surface area contributed by atoms with Gasteiger partial charge in [-0.1, -0.05) is 0 Å². The Morgan fingerprint density at radius 2 is 1.54 bits per heavy atom. The predicted molar refractivity (Wildman–Crippen MR) is 95.6 cm³/mol. The number of hydrogen-bond donors (Lipinski definition) is 2. The fraction of sp³-hybridized carbons (Fsp3) is 0.882. The largest absolute Gasteiger partial charge is 0.460 e. The summed E-state index contributed by atoms with van der Waals surface area (Å²) in [5, 5.41) is 21.9. The third-order valence-corrected chi connectivity index (χ3v) is 4.14. The average molecular weight is 366 g/mol. The summed E-state index contributed by atoms with van der Waals surface area (Å²) < 4.78 is 5.32. The zero-order chi connectivity index (χ0) is 19.4. The van der Waals surface area contributed by atoms with Gasteiger partial charge in [-0.25, -0.2) is 0 Å². The number of amides is 1. The number of hydrogen-bond acceptors (Lipinski definition) is 8. The lowest BCUT2D eigenvalue weighted by Crippen LogP contribution is -2.46. The monoisotopic (exact) mass is 366 g/mol. The van der Waals surface area contributed by atoms with Crippen molar-refractivity contribution in [2.45, 2.75) is 83.3 Å². The molecule has 9 nitrogen and oxygen atoms in total. The van der Waals surface area contributed by atoms with Gasteiger partial charge in [0.2, 0.25) is 5.91 Å². The van der Waals surface area contributed by atoms with E-state index in [1.165, 1.54) is 0 Å². The van der Waals surface area contributed by atoms with Crippen molar-refractivity contribution in [1.82, 2.24) is 10.6 Å². The van der Waals surface area contributed by atoms with E-state index < -0.39 is 11.6 Å². The van der Waals surface area contributed by atoms with Gasteiger partial charge in [-0.05, 0) is 41.0 Å². The van der Waals surface area contributed by atoms with E-state index in [0.717, 1.165) is 6.42 Å². The molecular weight excluding hydrogens is 336 g/mol. The zero-order valence-corrected chi connectivity index (χ0v) is 16.3. The van der Waals surface area contributed by atoms with E-state index in [2.05, 4.69) is 31.1 Å². The molecule has 2 rings (SSSR count). The highest BCUT2D eigenvalue weighted by Crippen LogP contribution is 2.30. The van der Waals surface area contributed by atoms with Gasteiger partial charge in [0.25, 0.3) is 0 Å². The third-order valence-electron chi connectivity index (χ3n) is 4.14. The van der Waals surface area contributed by atoms with Crippen LogP contribution in [0.15, 0.2) is 20.5 Å². The molecule has 0 saturated heterocycles. The first-order valence-corrected chi connectivity index (χ1v) is 9.11. The summed E-state index contributed by atoms with van der Waals surface area (Å²) in [4.78, 5) is 24.4. The second-order valence-electron chi connectivity index (χ2n) is 8.26. The van der Waals surface area contributed by atoms with Crippen LogP contribution in [0.4, 0.5) is 0 Å². The summed E-state index contributed by atoms with van der Waals surface area (Å²) >= 11 is 0. The van der Waals surface area contributed by atoms with Crippen molar-refractivity contribution in [3.8, 4) is 0 Å². The fourth-order valence-corrected chi connectivity index (χ4v) is 2.38. The first-order valence-electron chi connectivity index (χ1n) is 9.11. The number of nitrogens with zero attached hydrogens (tertiary/aromatic N) is 4. The molecule has 1 atom stereocenters. The van der Waals surface area contributed by atoms with Crippen LogP contribution in [-0.4, -0.2) is 47.9 Å². The molecule has 0 aromatic carbocycles. The van der Waals surface area contributed by atoms with Gasteiger partial charge in [-0.2, -0.15) is 20.5 Å². The summed E-state index contributed by atoms with van der Waals surface area (Å²) in [5.41, 5.74) is -1.18. The summed E-state index contributed by atoms with van der Waals surface area (Å²) in [6.45, 7) is 10.4. The number of nitrogens with one attached hydrogen (secondary N) is 2. The van der Waals surface area contributed by atoms with Crippen molar-refractivity contribution < 1.29 is 14.3 Å². The van der Waals surface area contributed by atoms with Crippen LogP contribution in [0.5, 0.6) is 0 Å². The van der Waals surface area contributed by atoms with E-state index in [-0.39, 0.29) is 29.6 Å². The number of rotatable bonds is 11. The second kappa shape index (κ2) is 7.77. The molecule has 2 N–H and O–H groups in total. The normalized spacial score (nSPS) is 19.7. The number of esters is 1. The SMILES string of the molecule is CC1(CCNC(=O)[C@H](CCC(=O)OC(C)(C)C)NCCC2(C)N=N2)N=N1. The highest BCUT2D eigenvalue weighted by Gasteiger charge is 2.34. The van der Waals surface area contributed by atoms with Crippen molar-refractivity contribution >= 4 is 11.9 Å². The Morgan fingerprint density at radius 1 is 1.00 bits per heavy atom. The van der Waals surface area contributed by atoms with Crippen LogP contribution in [0.3, 0.4) is 0 Å². The van der Waals surface area contributed by atoms with Gasteiger partial charge in [0, 0.05) is 32.4 Å². The Labute approximate surface area is 154 Å². The molecule has 9 heteroatoms. The first-order chi connectivity index (χ1) is 12.0. The molecule has 0 aromatic rings. The molecule has 0 spiro atoms.